The molecule has 0 saturated heterocycles. The van der Waals surface area contributed by atoms with Crippen molar-refractivity contribution in [2.45, 2.75) is 19.3 Å². The van der Waals surface area contributed by atoms with Gasteiger partial charge in [0, 0.05) is 42.2 Å². The van der Waals surface area contributed by atoms with Crippen LogP contribution in [-0.4, -0.2) is 32.6 Å². The van der Waals surface area contributed by atoms with Gasteiger partial charge in [0.2, 0.25) is 5.95 Å². The lowest BCUT2D eigenvalue weighted by Crippen LogP contribution is -2.35. The largest absolute Gasteiger partial charge is 0.337 e. The van der Waals surface area contributed by atoms with Crippen LogP contribution >= 0.6 is 11.3 Å². The molecule has 5 rings (SSSR count). The van der Waals surface area contributed by atoms with Gasteiger partial charge in [-0.25, -0.2) is 15.0 Å². The van der Waals surface area contributed by atoms with Crippen molar-refractivity contribution in [3.63, 3.8) is 0 Å². The molecule has 0 saturated carbocycles. The monoisotopic (exact) mass is 403 g/mol. The van der Waals surface area contributed by atoms with Gasteiger partial charge in [-0.05, 0) is 48.6 Å². The maximum atomic E-state index is 12.6. The van der Waals surface area contributed by atoms with Crippen molar-refractivity contribution >= 4 is 28.9 Å². The molecule has 4 heterocycles. The van der Waals surface area contributed by atoms with Crippen molar-refractivity contribution in [1.82, 2.24) is 19.5 Å². The zero-order valence-corrected chi connectivity index (χ0v) is 17.0. The number of anilines is 1. The molecule has 3 aromatic heterocycles. The Bertz CT molecular complexity index is 1180. The third-order valence-corrected chi connectivity index (χ3v) is 6.62. The van der Waals surface area contributed by atoms with Gasteiger partial charge in [-0.15, -0.1) is 11.3 Å². The smallest absolute Gasteiger partial charge is 0.255 e. The normalized spacial score (nSPS) is 15.9. The van der Waals surface area contributed by atoms with Crippen molar-refractivity contribution < 1.29 is 0 Å². The van der Waals surface area contributed by atoms with Crippen molar-refractivity contribution in [3.8, 4) is 11.4 Å². The molecule has 0 amide bonds. The molecule has 0 unspecified atom stereocenters. The van der Waals surface area contributed by atoms with E-state index in [4.69, 9.17) is 4.98 Å². The van der Waals surface area contributed by atoms with Gasteiger partial charge in [0.25, 0.3) is 5.56 Å². The summed E-state index contributed by atoms with van der Waals surface area (Å²) in [6.45, 7) is 1.58. The standard InChI is InChI=1S/C22H21N5OS/c1-26-21(28)12-18(17-8-9-23-14-24-17)25-22(26)27-10-4-6-16(13-27)20-11-15-5-2-3-7-19(15)29-20/h3,6-9,11-12,14H,2,4-5,10,13H2,1H3. The Balaban J connectivity index is 1.48. The van der Waals surface area contributed by atoms with E-state index in [0.717, 1.165) is 32.4 Å². The summed E-state index contributed by atoms with van der Waals surface area (Å²) in [5.41, 5.74) is 3.91. The van der Waals surface area contributed by atoms with Gasteiger partial charge in [0.1, 0.15) is 6.33 Å². The highest BCUT2D eigenvalue weighted by Crippen LogP contribution is 2.34. The first-order chi connectivity index (χ1) is 14.2. The van der Waals surface area contributed by atoms with Crippen LogP contribution in [0.15, 0.2) is 47.7 Å². The highest BCUT2D eigenvalue weighted by Gasteiger charge is 2.21. The van der Waals surface area contributed by atoms with E-state index in [9.17, 15) is 4.79 Å². The van der Waals surface area contributed by atoms with Crippen LogP contribution < -0.4 is 10.5 Å². The molecule has 0 bridgehead atoms. The number of fused-ring (bicyclic) bond motifs is 1. The van der Waals surface area contributed by atoms with Crippen LogP contribution in [0, 0.1) is 0 Å². The van der Waals surface area contributed by atoms with E-state index in [0.29, 0.717) is 17.3 Å². The Kier molecular flexibility index (Phi) is 4.60. The summed E-state index contributed by atoms with van der Waals surface area (Å²) in [4.78, 5) is 30.5. The molecule has 29 heavy (non-hydrogen) atoms. The van der Waals surface area contributed by atoms with Crippen LogP contribution in [0.2, 0.25) is 0 Å². The van der Waals surface area contributed by atoms with Gasteiger partial charge < -0.3 is 4.90 Å². The van der Waals surface area contributed by atoms with E-state index in [2.05, 4.69) is 39.2 Å². The number of rotatable bonds is 3. The Morgan fingerprint density at radius 3 is 2.93 bits per heavy atom. The fraction of sp³-hybridized carbons (Fsp3) is 0.273. The van der Waals surface area contributed by atoms with Gasteiger partial charge in [-0.1, -0.05) is 12.2 Å². The Hall–Kier alpha value is -3.06. The summed E-state index contributed by atoms with van der Waals surface area (Å²) in [7, 11) is 1.78. The molecule has 1 aliphatic carbocycles. The zero-order valence-electron chi connectivity index (χ0n) is 16.2. The Labute approximate surface area is 172 Å². The van der Waals surface area contributed by atoms with Crippen LogP contribution in [0.25, 0.3) is 23.0 Å². The lowest BCUT2D eigenvalue weighted by molar-refractivity contribution is 0.727. The number of hydrogen-bond donors (Lipinski definition) is 0. The molecule has 0 atom stereocenters. The first kappa shape index (κ1) is 18.0. The van der Waals surface area contributed by atoms with Crippen molar-refractivity contribution in [2.75, 3.05) is 18.0 Å². The molecule has 3 aromatic rings. The summed E-state index contributed by atoms with van der Waals surface area (Å²) < 4.78 is 1.62. The first-order valence-corrected chi connectivity index (χ1v) is 10.6. The molecular formula is C22H21N5OS. The first-order valence-electron chi connectivity index (χ1n) is 9.77. The Morgan fingerprint density at radius 1 is 1.17 bits per heavy atom. The lowest BCUT2D eigenvalue weighted by atomic mass is 10.0. The average Bonchev–Trinajstić information content (AvgIpc) is 3.21. The van der Waals surface area contributed by atoms with Crippen LogP contribution in [0.3, 0.4) is 0 Å². The van der Waals surface area contributed by atoms with Gasteiger partial charge in [0.15, 0.2) is 0 Å². The Morgan fingerprint density at radius 2 is 2.10 bits per heavy atom. The van der Waals surface area contributed by atoms with E-state index in [1.54, 1.807) is 23.9 Å². The second-order valence-electron chi connectivity index (χ2n) is 7.31. The van der Waals surface area contributed by atoms with Crippen LogP contribution in [0.1, 0.15) is 28.2 Å². The third-order valence-electron chi connectivity index (χ3n) is 5.40. The summed E-state index contributed by atoms with van der Waals surface area (Å²) in [5.74, 6) is 0.679. The maximum absolute atomic E-state index is 12.6. The molecule has 1 aliphatic heterocycles. The van der Waals surface area contributed by atoms with Gasteiger partial charge >= 0.3 is 0 Å². The minimum atomic E-state index is -0.0866. The second-order valence-corrected chi connectivity index (χ2v) is 8.40. The van der Waals surface area contributed by atoms with E-state index in [-0.39, 0.29) is 5.56 Å². The fourth-order valence-corrected chi connectivity index (χ4v) is 5.02. The molecular weight excluding hydrogens is 382 g/mol. The van der Waals surface area contributed by atoms with Crippen LogP contribution in [-0.2, 0) is 13.5 Å². The minimum Gasteiger partial charge on any atom is -0.337 e. The summed E-state index contributed by atoms with van der Waals surface area (Å²) in [6, 6.07) is 5.64. The molecule has 0 radical (unpaired) electrons. The SMILES string of the molecule is Cn1c(N2CCC=C(c3cc4c(s3)C=CCC4)C2)nc(-c2ccncn2)cc1=O. The number of hydrogen-bond acceptors (Lipinski definition) is 6. The topological polar surface area (TPSA) is 63.9 Å². The molecule has 0 fully saturated rings. The maximum Gasteiger partial charge on any atom is 0.255 e. The van der Waals surface area contributed by atoms with Crippen LogP contribution in [0.4, 0.5) is 5.95 Å². The summed E-state index contributed by atoms with van der Waals surface area (Å²) >= 11 is 1.86. The molecule has 146 valence electrons. The van der Waals surface area contributed by atoms with E-state index >= 15 is 0 Å². The van der Waals surface area contributed by atoms with Gasteiger partial charge in [0.05, 0.1) is 11.4 Å². The highest BCUT2D eigenvalue weighted by molar-refractivity contribution is 7.14. The van der Waals surface area contributed by atoms with Crippen molar-refractivity contribution in [1.29, 1.82) is 0 Å². The van der Waals surface area contributed by atoms with Crippen LogP contribution in [0.5, 0.6) is 0 Å². The molecule has 7 heteroatoms. The number of allylic oxidation sites excluding steroid dienone is 1. The lowest BCUT2D eigenvalue weighted by Gasteiger charge is -2.29. The minimum absolute atomic E-state index is 0.0866. The van der Waals surface area contributed by atoms with E-state index in [1.165, 1.54) is 33.3 Å². The predicted molar refractivity (Wildman–Crippen MR) is 117 cm³/mol. The third kappa shape index (κ3) is 3.42. The van der Waals surface area contributed by atoms with E-state index < -0.39 is 0 Å². The second kappa shape index (κ2) is 7.40. The quantitative estimate of drug-likeness (QED) is 0.669. The van der Waals surface area contributed by atoms with E-state index in [1.807, 2.05) is 11.3 Å². The zero-order chi connectivity index (χ0) is 19.8. The number of aryl methyl sites for hydroxylation is 1. The van der Waals surface area contributed by atoms with Crippen molar-refractivity contribution in [2.24, 2.45) is 7.05 Å². The summed E-state index contributed by atoms with van der Waals surface area (Å²) in [5, 5.41) is 0. The molecule has 0 aromatic carbocycles. The average molecular weight is 404 g/mol. The molecule has 0 spiro atoms. The highest BCUT2D eigenvalue weighted by atomic mass is 32.1. The molecule has 2 aliphatic rings. The molecule has 6 nitrogen and oxygen atoms in total. The fourth-order valence-electron chi connectivity index (χ4n) is 3.84. The number of nitrogens with zero attached hydrogens (tertiary/aromatic N) is 5. The van der Waals surface area contributed by atoms with Gasteiger partial charge in [-0.3, -0.25) is 9.36 Å². The molecule has 0 N–H and O–H groups in total. The summed E-state index contributed by atoms with van der Waals surface area (Å²) in [6.07, 6.45) is 13.1. The number of thiophene rings is 1. The van der Waals surface area contributed by atoms with Crippen molar-refractivity contribution in [3.05, 3.63) is 68.5 Å². The number of aromatic nitrogens is 4. The predicted octanol–water partition coefficient (Wildman–Crippen LogP) is 3.55. The van der Waals surface area contributed by atoms with Gasteiger partial charge in [-0.2, -0.15) is 0 Å².